The predicted molar refractivity (Wildman–Crippen MR) is 197 cm³/mol. The van der Waals surface area contributed by atoms with Crippen LogP contribution in [0.5, 0.6) is 23.0 Å². The van der Waals surface area contributed by atoms with Gasteiger partial charge in [0.15, 0.2) is 7.14 Å². The highest BCUT2D eigenvalue weighted by Gasteiger charge is 2.48. The first-order valence-corrected chi connectivity index (χ1v) is 17.9. The summed E-state index contributed by atoms with van der Waals surface area (Å²) in [6.45, 7) is 4.21. The quantitative estimate of drug-likeness (QED) is 0.180. The fourth-order valence-electron chi connectivity index (χ4n) is 7.20. The molecular weight excluding hydrogens is 607 g/mol. The molecule has 0 saturated carbocycles. The van der Waals surface area contributed by atoms with Gasteiger partial charge in [0.05, 0.1) is 10.6 Å². The zero-order valence-electron chi connectivity index (χ0n) is 26.6. The molecule has 9 rings (SSSR count). The van der Waals surface area contributed by atoms with Crippen LogP contribution in [-0.4, -0.2) is 0 Å². The van der Waals surface area contributed by atoms with E-state index in [1.165, 1.54) is 0 Å². The molecule has 2 heterocycles. The van der Waals surface area contributed by atoms with Gasteiger partial charge in [0.1, 0.15) is 28.3 Å². The molecule has 4 heteroatoms. The number of hydrogen-bond donors (Lipinski definition) is 0. The smallest absolute Gasteiger partial charge is 0.185 e. The van der Waals surface area contributed by atoms with Crippen LogP contribution in [0.3, 0.4) is 0 Å². The molecule has 0 spiro atoms. The van der Waals surface area contributed by atoms with Crippen LogP contribution in [0.1, 0.15) is 11.1 Å². The molecule has 1 unspecified atom stereocenters. The Hall–Kier alpha value is -5.63. The number of ether oxygens (including phenoxy) is 2. The largest absolute Gasteiger partial charge is 0.455 e. The first-order chi connectivity index (χ1) is 23.5. The van der Waals surface area contributed by atoms with E-state index in [1.807, 2.05) is 72.8 Å². The maximum absolute atomic E-state index is 16.7. The highest BCUT2D eigenvalue weighted by molar-refractivity contribution is 7.86. The minimum atomic E-state index is -3.58. The maximum atomic E-state index is 16.7. The van der Waals surface area contributed by atoms with E-state index in [0.717, 1.165) is 55.6 Å². The third-order valence-corrected chi connectivity index (χ3v) is 12.7. The maximum Gasteiger partial charge on any atom is 0.185 e. The summed E-state index contributed by atoms with van der Waals surface area (Å²) in [5, 5.41) is 1.99. The summed E-state index contributed by atoms with van der Waals surface area (Å²) >= 11 is 0. The number of benzene rings is 7. The average Bonchev–Trinajstić information content (AvgIpc) is 3.13. The lowest BCUT2D eigenvalue weighted by Gasteiger charge is -2.37. The number of fused-ring (bicyclic) bond motifs is 4. The fraction of sp³-hybridized carbons (Fsp3) is 0.0455. The van der Waals surface area contributed by atoms with Gasteiger partial charge >= 0.3 is 0 Å². The summed E-state index contributed by atoms with van der Waals surface area (Å²) in [6.07, 6.45) is 0. The second-order valence-corrected chi connectivity index (χ2v) is 15.1. The second kappa shape index (κ2) is 11.0. The van der Waals surface area contributed by atoms with Crippen molar-refractivity contribution < 1.29 is 14.0 Å². The van der Waals surface area contributed by atoms with Crippen molar-refractivity contribution in [3.63, 3.8) is 0 Å². The lowest BCUT2D eigenvalue weighted by Crippen LogP contribution is -2.36. The molecule has 48 heavy (non-hydrogen) atoms. The van der Waals surface area contributed by atoms with Crippen molar-refractivity contribution in [1.82, 2.24) is 0 Å². The average molecular weight is 639 g/mol. The van der Waals surface area contributed by atoms with Gasteiger partial charge in [0, 0.05) is 11.1 Å². The molecular formula is C44H31O3P. The Balaban J connectivity index is 1.41. The van der Waals surface area contributed by atoms with E-state index in [4.69, 9.17) is 9.47 Å². The van der Waals surface area contributed by atoms with Crippen LogP contribution in [0.25, 0.3) is 44.5 Å². The third-order valence-electron chi connectivity index (χ3n) is 9.63. The number of hydrogen-bond acceptors (Lipinski definition) is 3. The first kappa shape index (κ1) is 28.6. The van der Waals surface area contributed by atoms with E-state index in [-0.39, 0.29) is 0 Å². The lowest BCUT2D eigenvalue weighted by molar-refractivity contribution is 0.464. The van der Waals surface area contributed by atoms with Gasteiger partial charge in [-0.05, 0) is 88.7 Å². The van der Waals surface area contributed by atoms with Gasteiger partial charge in [-0.3, -0.25) is 0 Å². The molecule has 7 aromatic carbocycles. The fourth-order valence-corrected chi connectivity index (χ4v) is 10.3. The van der Waals surface area contributed by atoms with Gasteiger partial charge in [-0.2, -0.15) is 0 Å². The summed E-state index contributed by atoms with van der Waals surface area (Å²) < 4.78 is 30.5. The molecule has 0 saturated heterocycles. The van der Waals surface area contributed by atoms with Crippen molar-refractivity contribution in [2.75, 3.05) is 0 Å². The van der Waals surface area contributed by atoms with E-state index < -0.39 is 7.14 Å². The molecule has 1 atom stereocenters. The standard InChI is InChI=1S/C44H31O3P/c1-28-13-9-11-19-34(28)33-22-24-39-41(26-33)48(45)40-25-32(30-15-5-3-6-16-30)21-23-38(40)46-42-36(31-17-7-4-8-18-31)27-37(43(47-39)44(42)48)35-20-12-10-14-29(35)2/h3-27H,1-2H3. The van der Waals surface area contributed by atoms with Crippen molar-refractivity contribution in [2.45, 2.75) is 13.8 Å². The van der Waals surface area contributed by atoms with Crippen LogP contribution in [0.4, 0.5) is 0 Å². The molecule has 2 aliphatic heterocycles. The van der Waals surface area contributed by atoms with Crippen LogP contribution < -0.4 is 25.4 Å². The predicted octanol–water partition coefficient (Wildman–Crippen LogP) is 10.8. The number of aryl methyl sites for hydroxylation is 2. The van der Waals surface area contributed by atoms with E-state index in [2.05, 4.69) is 92.7 Å². The summed E-state index contributed by atoms with van der Waals surface area (Å²) in [7, 11) is -3.58. The Morgan fingerprint density at radius 2 is 0.917 bits per heavy atom. The molecule has 0 bridgehead atoms. The van der Waals surface area contributed by atoms with Crippen LogP contribution in [0.15, 0.2) is 152 Å². The van der Waals surface area contributed by atoms with Crippen LogP contribution in [0.2, 0.25) is 0 Å². The zero-order chi connectivity index (χ0) is 32.4. The van der Waals surface area contributed by atoms with Gasteiger partial charge in [-0.25, -0.2) is 0 Å². The van der Waals surface area contributed by atoms with Crippen molar-refractivity contribution in [1.29, 1.82) is 0 Å². The van der Waals surface area contributed by atoms with E-state index in [0.29, 0.717) is 38.9 Å². The molecule has 0 aromatic heterocycles. The molecule has 7 aromatic rings. The van der Waals surface area contributed by atoms with Crippen LogP contribution in [0, 0.1) is 13.8 Å². The van der Waals surface area contributed by atoms with Gasteiger partial charge < -0.3 is 14.0 Å². The first-order valence-electron chi connectivity index (χ1n) is 16.2. The van der Waals surface area contributed by atoms with Crippen molar-refractivity contribution in [2.24, 2.45) is 0 Å². The Kier molecular flexibility index (Phi) is 6.54. The molecule has 0 radical (unpaired) electrons. The Morgan fingerprint density at radius 1 is 0.417 bits per heavy atom. The van der Waals surface area contributed by atoms with Crippen molar-refractivity contribution in [3.05, 3.63) is 163 Å². The van der Waals surface area contributed by atoms with Crippen molar-refractivity contribution in [3.8, 4) is 67.5 Å². The summed E-state index contributed by atoms with van der Waals surface area (Å²) in [5.41, 5.74) is 10.2. The lowest BCUT2D eigenvalue weighted by atomic mass is 9.94. The summed E-state index contributed by atoms with van der Waals surface area (Å²) in [5.74, 6) is 2.39. The van der Waals surface area contributed by atoms with Gasteiger partial charge in [0.25, 0.3) is 0 Å². The van der Waals surface area contributed by atoms with E-state index >= 15 is 4.57 Å². The van der Waals surface area contributed by atoms with Gasteiger partial charge in [-0.15, -0.1) is 0 Å². The third kappa shape index (κ3) is 4.32. The zero-order valence-corrected chi connectivity index (χ0v) is 27.5. The Bertz CT molecular complexity index is 2450. The molecule has 0 aliphatic carbocycles. The minimum Gasteiger partial charge on any atom is -0.455 e. The van der Waals surface area contributed by atoms with Gasteiger partial charge in [0.2, 0.25) is 0 Å². The molecule has 2 aliphatic rings. The molecule has 230 valence electrons. The highest BCUT2D eigenvalue weighted by atomic mass is 31.2. The van der Waals surface area contributed by atoms with E-state index in [9.17, 15) is 0 Å². The molecule has 0 amide bonds. The minimum absolute atomic E-state index is 0.587. The van der Waals surface area contributed by atoms with Crippen LogP contribution >= 0.6 is 7.14 Å². The topological polar surface area (TPSA) is 35.5 Å². The van der Waals surface area contributed by atoms with Gasteiger partial charge in [-0.1, -0.05) is 121 Å². The normalized spacial score (nSPS) is 15.4. The molecule has 0 fully saturated rings. The summed E-state index contributed by atoms with van der Waals surface area (Å²) in [6, 6.07) is 51.4. The summed E-state index contributed by atoms with van der Waals surface area (Å²) in [4.78, 5) is 0. The molecule has 3 nitrogen and oxygen atoms in total. The SMILES string of the molecule is Cc1ccccc1-c1ccc2c(c1)P1(=O)c3cc(-c4ccccc4)ccc3Oc3c(-c4ccccc4)cc(-c4ccccc4C)c(c31)O2. The number of rotatable bonds is 4. The molecule has 0 N–H and O–H groups in total. The second-order valence-electron chi connectivity index (χ2n) is 12.5. The van der Waals surface area contributed by atoms with Crippen LogP contribution in [-0.2, 0) is 4.57 Å². The monoisotopic (exact) mass is 638 g/mol. The highest BCUT2D eigenvalue weighted by Crippen LogP contribution is 2.62. The Morgan fingerprint density at radius 3 is 1.54 bits per heavy atom. The van der Waals surface area contributed by atoms with Crippen molar-refractivity contribution >= 4 is 23.1 Å². The van der Waals surface area contributed by atoms with E-state index in [1.54, 1.807) is 0 Å². The Labute approximate surface area is 280 Å².